The van der Waals surface area contributed by atoms with Gasteiger partial charge in [-0.15, -0.1) is 0 Å². The van der Waals surface area contributed by atoms with Crippen molar-refractivity contribution in [2.75, 3.05) is 32.8 Å². The molecule has 3 aliphatic rings. The first-order valence-electron chi connectivity index (χ1n) is 6.91. The molecule has 0 amide bonds. The Balaban J connectivity index is 1.58. The quantitative estimate of drug-likeness (QED) is 0.701. The third-order valence-electron chi connectivity index (χ3n) is 4.89. The zero-order valence-electron chi connectivity index (χ0n) is 10.1. The van der Waals surface area contributed by atoms with Crippen LogP contribution in [0.25, 0.3) is 0 Å². The average molecular weight is 224 g/mol. The summed E-state index contributed by atoms with van der Waals surface area (Å²) in [5.41, 5.74) is 0.677. The van der Waals surface area contributed by atoms with E-state index in [0.29, 0.717) is 11.5 Å². The van der Waals surface area contributed by atoms with Crippen molar-refractivity contribution in [3.63, 3.8) is 0 Å². The lowest BCUT2D eigenvalue weighted by Crippen LogP contribution is -2.42. The standard InChI is InChI=1S/C13H24N2O/c1-2-13(3-5-14-6-4-13)9-11(1)12-10-15-7-8-16-12/h11-12,14-15H,1-10H2. The molecule has 3 nitrogen and oxygen atoms in total. The van der Waals surface area contributed by atoms with Crippen LogP contribution in [0, 0.1) is 11.3 Å². The molecule has 2 aliphatic heterocycles. The van der Waals surface area contributed by atoms with E-state index in [1.165, 1.54) is 45.2 Å². The largest absolute Gasteiger partial charge is 0.375 e. The van der Waals surface area contributed by atoms with E-state index in [2.05, 4.69) is 10.6 Å². The fourth-order valence-electron chi connectivity index (χ4n) is 3.87. The Bertz CT molecular complexity index is 232. The minimum absolute atomic E-state index is 0.503. The molecule has 2 atom stereocenters. The van der Waals surface area contributed by atoms with Gasteiger partial charge in [0.2, 0.25) is 0 Å². The lowest BCUT2D eigenvalue weighted by atomic mass is 9.76. The summed E-state index contributed by atoms with van der Waals surface area (Å²) in [6.07, 6.45) is 7.54. The van der Waals surface area contributed by atoms with E-state index >= 15 is 0 Å². The molecular weight excluding hydrogens is 200 g/mol. The van der Waals surface area contributed by atoms with Crippen LogP contribution >= 0.6 is 0 Å². The summed E-state index contributed by atoms with van der Waals surface area (Å²) in [6, 6.07) is 0. The minimum atomic E-state index is 0.503. The Morgan fingerprint density at radius 2 is 1.88 bits per heavy atom. The first-order chi connectivity index (χ1) is 7.88. The van der Waals surface area contributed by atoms with E-state index in [-0.39, 0.29) is 0 Å². The van der Waals surface area contributed by atoms with Crippen LogP contribution in [0.3, 0.4) is 0 Å². The van der Waals surface area contributed by atoms with E-state index in [9.17, 15) is 0 Å². The maximum Gasteiger partial charge on any atom is 0.0728 e. The van der Waals surface area contributed by atoms with Gasteiger partial charge in [-0.1, -0.05) is 0 Å². The molecule has 2 heterocycles. The summed E-state index contributed by atoms with van der Waals surface area (Å²) in [5, 5.41) is 6.95. The molecule has 0 aromatic rings. The summed E-state index contributed by atoms with van der Waals surface area (Å²) in [4.78, 5) is 0. The molecule has 3 fully saturated rings. The van der Waals surface area contributed by atoms with Gasteiger partial charge in [-0.25, -0.2) is 0 Å². The van der Waals surface area contributed by atoms with Crippen LogP contribution in [-0.4, -0.2) is 38.9 Å². The normalized spacial score (nSPS) is 39.0. The van der Waals surface area contributed by atoms with Gasteiger partial charge in [-0.3, -0.25) is 0 Å². The van der Waals surface area contributed by atoms with Crippen LogP contribution in [0.2, 0.25) is 0 Å². The SMILES string of the molecule is C1CC2(CCN1)CCC(C1CNCCO1)C2. The summed E-state index contributed by atoms with van der Waals surface area (Å²) in [5.74, 6) is 0.825. The van der Waals surface area contributed by atoms with Gasteiger partial charge in [0.05, 0.1) is 12.7 Å². The van der Waals surface area contributed by atoms with Crippen LogP contribution in [-0.2, 0) is 4.74 Å². The zero-order chi connectivity index (χ0) is 10.8. The van der Waals surface area contributed by atoms with E-state index in [1.807, 2.05) is 0 Å². The lowest BCUT2D eigenvalue weighted by molar-refractivity contribution is -0.0115. The Morgan fingerprint density at radius 1 is 1.00 bits per heavy atom. The molecular formula is C13H24N2O. The maximum absolute atomic E-state index is 5.92. The summed E-state index contributed by atoms with van der Waals surface area (Å²) in [7, 11) is 0. The molecule has 0 bridgehead atoms. The van der Waals surface area contributed by atoms with Gasteiger partial charge < -0.3 is 15.4 Å². The van der Waals surface area contributed by atoms with E-state index in [0.717, 1.165) is 25.6 Å². The first-order valence-corrected chi connectivity index (χ1v) is 6.91. The van der Waals surface area contributed by atoms with Gasteiger partial charge in [0, 0.05) is 13.1 Å². The number of hydrogen-bond donors (Lipinski definition) is 2. The molecule has 3 rings (SSSR count). The Kier molecular flexibility index (Phi) is 3.18. The summed E-state index contributed by atoms with van der Waals surface area (Å²) in [6.45, 7) is 5.50. The highest BCUT2D eigenvalue weighted by Crippen LogP contribution is 2.49. The van der Waals surface area contributed by atoms with E-state index in [4.69, 9.17) is 4.74 Å². The Morgan fingerprint density at radius 3 is 2.62 bits per heavy atom. The molecule has 16 heavy (non-hydrogen) atoms. The van der Waals surface area contributed by atoms with Crippen molar-refractivity contribution in [2.45, 2.75) is 38.2 Å². The topological polar surface area (TPSA) is 33.3 Å². The highest BCUT2D eigenvalue weighted by atomic mass is 16.5. The molecule has 2 saturated heterocycles. The van der Waals surface area contributed by atoms with Gasteiger partial charge in [0.25, 0.3) is 0 Å². The summed E-state index contributed by atoms with van der Waals surface area (Å²) >= 11 is 0. The second-order valence-corrected chi connectivity index (χ2v) is 5.87. The highest BCUT2D eigenvalue weighted by Gasteiger charge is 2.42. The molecule has 92 valence electrons. The molecule has 1 spiro atoms. The molecule has 2 unspecified atom stereocenters. The molecule has 1 aliphatic carbocycles. The van der Waals surface area contributed by atoms with E-state index < -0.39 is 0 Å². The van der Waals surface area contributed by atoms with Crippen molar-refractivity contribution in [3.05, 3.63) is 0 Å². The van der Waals surface area contributed by atoms with Crippen LogP contribution in [0.5, 0.6) is 0 Å². The minimum Gasteiger partial charge on any atom is -0.375 e. The highest BCUT2D eigenvalue weighted by molar-refractivity contribution is 4.95. The van der Waals surface area contributed by atoms with Crippen LogP contribution in [0.1, 0.15) is 32.1 Å². The van der Waals surface area contributed by atoms with Gasteiger partial charge >= 0.3 is 0 Å². The molecule has 0 aromatic heterocycles. The average Bonchev–Trinajstić information content (AvgIpc) is 2.75. The van der Waals surface area contributed by atoms with Gasteiger partial charge in [-0.2, -0.15) is 0 Å². The second kappa shape index (κ2) is 4.63. The van der Waals surface area contributed by atoms with Gasteiger partial charge in [0.15, 0.2) is 0 Å². The summed E-state index contributed by atoms with van der Waals surface area (Å²) < 4.78 is 5.92. The van der Waals surface area contributed by atoms with Crippen LogP contribution in [0.15, 0.2) is 0 Å². The number of hydrogen-bond acceptors (Lipinski definition) is 3. The van der Waals surface area contributed by atoms with Crippen molar-refractivity contribution in [1.29, 1.82) is 0 Å². The first kappa shape index (κ1) is 11.0. The number of ether oxygens (including phenoxy) is 1. The third kappa shape index (κ3) is 2.13. The predicted molar refractivity (Wildman–Crippen MR) is 64.5 cm³/mol. The van der Waals surface area contributed by atoms with Crippen molar-refractivity contribution in [1.82, 2.24) is 10.6 Å². The van der Waals surface area contributed by atoms with Crippen molar-refractivity contribution in [2.24, 2.45) is 11.3 Å². The number of morpholine rings is 1. The predicted octanol–water partition coefficient (Wildman–Crippen LogP) is 1.14. The van der Waals surface area contributed by atoms with Gasteiger partial charge in [0.1, 0.15) is 0 Å². The van der Waals surface area contributed by atoms with Gasteiger partial charge in [-0.05, 0) is 56.5 Å². The van der Waals surface area contributed by atoms with Crippen LogP contribution in [0.4, 0.5) is 0 Å². The molecule has 1 saturated carbocycles. The smallest absolute Gasteiger partial charge is 0.0728 e. The van der Waals surface area contributed by atoms with E-state index in [1.54, 1.807) is 0 Å². The molecule has 3 heteroatoms. The lowest BCUT2D eigenvalue weighted by Gasteiger charge is -2.35. The molecule has 0 aromatic carbocycles. The maximum atomic E-state index is 5.92. The van der Waals surface area contributed by atoms with Crippen LogP contribution < -0.4 is 10.6 Å². The fourth-order valence-corrected chi connectivity index (χ4v) is 3.87. The molecule has 0 radical (unpaired) electrons. The van der Waals surface area contributed by atoms with Crippen molar-refractivity contribution in [3.8, 4) is 0 Å². The molecule has 2 N–H and O–H groups in total. The third-order valence-corrected chi connectivity index (χ3v) is 4.89. The Labute approximate surface area is 98.3 Å². The number of piperidine rings is 1. The monoisotopic (exact) mass is 224 g/mol. The second-order valence-electron chi connectivity index (χ2n) is 5.87. The van der Waals surface area contributed by atoms with Crippen molar-refractivity contribution >= 4 is 0 Å². The van der Waals surface area contributed by atoms with Crippen molar-refractivity contribution < 1.29 is 4.74 Å². The number of rotatable bonds is 1. The Hall–Kier alpha value is -0.120. The zero-order valence-corrected chi connectivity index (χ0v) is 10.1. The fraction of sp³-hybridized carbons (Fsp3) is 1.00. The number of nitrogens with one attached hydrogen (secondary N) is 2.